The van der Waals surface area contributed by atoms with Crippen molar-refractivity contribution in [3.05, 3.63) is 95.3 Å². The van der Waals surface area contributed by atoms with Crippen LogP contribution >= 0.6 is 0 Å². The largest absolute Gasteiger partial charge is 0.348 e. The molecule has 2 N–H and O–H groups in total. The molecule has 2 aromatic carbocycles. The minimum atomic E-state index is -0.335. The van der Waals surface area contributed by atoms with Crippen LogP contribution in [0.15, 0.2) is 67.0 Å². The Labute approximate surface area is 190 Å². The van der Waals surface area contributed by atoms with Crippen molar-refractivity contribution in [2.45, 2.75) is 26.9 Å². The van der Waals surface area contributed by atoms with Gasteiger partial charge in [0, 0.05) is 24.6 Å². The van der Waals surface area contributed by atoms with Crippen LogP contribution in [0.1, 0.15) is 27.3 Å². The fraction of sp³-hybridized carbons (Fsp3) is 0.167. The lowest BCUT2D eigenvalue weighted by atomic mass is 10.1. The van der Waals surface area contributed by atoms with Gasteiger partial charge in [0.2, 0.25) is 5.91 Å². The molecule has 0 fully saturated rings. The van der Waals surface area contributed by atoms with Crippen LogP contribution in [0.25, 0.3) is 5.69 Å². The highest BCUT2D eigenvalue weighted by Crippen LogP contribution is 2.19. The van der Waals surface area contributed by atoms with Crippen LogP contribution in [0.2, 0.25) is 0 Å². The molecule has 0 aliphatic carbocycles. The van der Waals surface area contributed by atoms with Gasteiger partial charge in [-0.2, -0.15) is 10.2 Å². The van der Waals surface area contributed by atoms with Gasteiger partial charge in [-0.3, -0.25) is 14.3 Å². The number of hydrogen-bond acceptors (Lipinski definition) is 4. The second kappa shape index (κ2) is 9.47. The van der Waals surface area contributed by atoms with E-state index >= 15 is 0 Å². The summed E-state index contributed by atoms with van der Waals surface area (Å²) in [5.41, 5.74) is 3.86. The summed E-state index contributed by atoms with van der Waals surface area (Å²) in [6, 6.07) is 15.0. The summed E-state index contributed by atoms with van der Waals surface area (Å²) in [6.07, 6.45) is 3.33. The third-order valence-corrected chi connectivity index (χ3v) is 5.12. The second-order valence-corrected chi connectivity index (χ2v) is 7.57. The Hall–Kier alpha value is -4.27. The number of benzene rings is 2. The van der Waals surface area contributed by atoms with E-state index in [-0.39, 0.29) is 30.7 Å². The Morgan fingerprint density at radius 1 is 1.06 bits per heavy atom. The number of halogens is 1. The van der Waals surface area contributed by atoms with Gasteiger partial charge in [0.25, 0.3) is 5.91 Å². The van der Waals surface area contributed by atoms with E-state index in [0.717, 1.165) is 5.56 Å². The molecule has 0 saturated heterocycles. The Kier molecular flexibility index (Phi) is 6.30. The maximum absolute atomic E-state index is 13.2. The quantitative estimate of drug-likeness (QED) is 0.455. The van der Waals surface area contributed by atoms with Crippen molar-refractivity contribution in [3.63, 3.8) is 0 Å². The zero-order chi connectivity index (χ0) is 23.4. The first kappa shape index (κ1) is 21.9. The number of aryl methyl sites for hydroxylation is 1. The predicted molar refractivity (Wildman–Crippen MR) is 121 cm³/mol. The number of nitrogens with one attached hydrogen (secondary N) is 2. The number of aromatic nitrogens is 4. The van der Waals surface area contributed by atoms with Crippen molar-refractivity contribution in [2.75, 3.05) is 5.32 Å². The predicted octanol–water partition coefficient (Wildman–Crippen LogP) is 3.39. The molecule has 9 heteroatoms. The van der Waals surface area contributed by atoms with E-state index < -0.39 is 0 Å². The van der Waals surface area contributed by atoms with Gasteiger partial charge < -0.3 is 10.6 Å². The number of anilines is 1. The van der Waals surface area contributed by atoms with Gasteiger partial charge in [-0.05, 0) is 61.9 Å². The van der Waals surface area contributed by atoms with E-state index in [1.165, 1.54) is 16.8 Å². The first-order valence-corrected chi connectivity index (χ1v) is 10.4. The Balaban J connectivity index is 1.41. The molecule has 0 bridgehead atoms. The fourth-order valence-electron chi connectivity index (χ4n) is 3.58. The molecule has 0 unspecified atom stereocenters. The first-order valence-electron chi connectivity index (χ1n) is 10.4. The van der Waals surface area contributed by atoms with Crippen LogP contribution in [0, 0.1) is 19.7 Å². The summed E-state index contributed by atoms with van der Waals surface area (Å²) < 4.78 is 16.4. The van der Waals surface area contributed by atoms with Crippen molar-refractivity contribution < 1.29 is 14.0 Å². The second-order valence-electron chi connectivity index (χ2n) is 7.57. The number of hydrogen-bond donors (Lipinski definition) is 2. The third-order valence-electron chi connectivity index (χ3n) is 5.12. The van der Waals surface area contributed by atoms with Crippen molar-refractivity contribution in [1.29, 1.82) is 0 Å². The van der Waals surface area contributed by atoms with Crippen LogP contribution in [-0.2, 0) is 17.9 Å². The summed E-state index contributed by atoms with van der Waals surface area (Å²) in [5.74, 6) is -0.788. The molecule has 2 amide bonds. The Morgan fingerprint density at radius 3 is 2.58 bits per heavy atom. The molecule has 168 valence electrons. The molecular formula is C24H23FN6O2. The molecule has 0 saturated carbocycles. The number of carbonyl (C=O) groups is 2. The number of rotatable bonds is 7. The molecular weight excluding hydrogens is 423 g/mol. The van der Waals surface area contributed by atoms with Gasteiger partial charge in [-0.1, -0.05) is 12.1 Å². The van der Waals surface area contributed by atoms with Crippen molar-refractivity contribution in [1.82, 2.24) is 24.9 Å². The molecule has 8 nitrogen and oxygen atoms in total. The highest BCUT2D eigenvalue weighted by Gasteiger charge is 2.19. The minimum absolute atomic E-state index is 0.116. The summed E-state index contributed by atoms with van der Waals surface area (Å²) in [5, 5.41) is 14.2. The van der Waals surface area contributed by atoms with Crippen LogP contribution in [0.5, 0.6) is 0 Å². The first-order chi connectivity index (χ1) is 15.9. The maximum atomic E-state index is 13.2. The van der Waals surface area contributed by atoms with Gasteiger partial charge in [0.15, 0.2) is 0 Å². The lowest BCUT2D eigenvalue weighted by Gasteiger charge is -2.09. The number of carbonyl (C=O) groups excluding carboxylic acids is 2. The fourth-order valence-corrected chi connectivity index (χ4v) is 3.58. The van der Waals surface area contributed by atoms with E-state index in [9.17, 15) is 14.0 Å². The van der Waals surface area contributed by atoms with Crippen molar-refractivity contribution in [2.24, 2.45) is 0 Å². The smallest absolute Gasteiger partial charge is 0.255 e. The maximum Gasteiger partial charge on any atom is 0.255 e. The lowest BCUT2D eigenvalue weighted by Crippen LogP contribution is -2.24. The summed E-state index contributed by atoms with van der Waals surface area (Å²) in [4.78, 5) is 25.1. The van der Waals surface area contributed by atoms with Gasteiger partial charge in [0.1, 0.15) is 12.4 Å². The van der Waals surface area contributed by atoms with Crippen LogP contribution in [0.3, 0.4) is 0 Å². The van der Waals surface area contributed by atoms with E-state index in [2.05, 4.69) is 20.8 Å². The molecule has 33 heavy (non-hydrogen) atoms. The molecule has 0 atom stereocenters. The topological polar surface area (TPSA) is 93.8 Å². The van der Waals surface area contributed by atoms with Gasteiger partial charge in [-0.25, -0.2) is 9.07 Å². The molecule has 0 aliphatic heterocycles. The highest BCUT2D eigenvalue weighted by molar-refractivity contribution is 5.96. The van der Waals surface area contributed by atoms with E-state index in [4.69, 9.17) is 0 Å². The summed E-state index contributed by atoms with van der Waals surface area (Å²) in [6.45, 7) is 3.96. The van der Waals surface area contributed by atoms with Crippen LogP contribution in [-0.4, -0.2) is 31.4 Å². The molecule has 0 spiro atoms. The molecule has 2 aromatic heterocycles. The molecule has 0 radical (unpaired) electrons. The summed E-state index contributed by atoms with van der Waals surface area (Å²) in [7, 11) is 0. The van der Waals surface area contributed by atoms with Gasteiger partial charge in [0.05, 0.1) is 22.6 Å². The van der Waals surface area contributed by atoms with Crippen molar-refractivity contribution >= 4 is 17.5 Å². The molecule has 2 heterocycles. The molecule has 4 aromatic rings. The monoisotopic (exact) mass is 446 g/mol. The van der Waals surface area contributed by atoms with Gasteiger partial charge >= 0.3 is 0 Å². The van der Waals surface area contributed by atoms with E-state index in [1.54, 1.807) is 55.2 Å². The Morgan fingerprint density at radius 2 is 1.85 bits per heavy atom. The zero-order valence-electron chi connectivity index (χ0n) is 18.2. The van der Waals surface area contributed by atoms with Crippen LogP contribution in [0.4, 0.5) is 10.1 Å². The van der Waals surface area contributed by atoms with Crippen molar-refractivity contribution in [3.8, 4) is 5.69 Å². The van der Waals surface area contributed by atoms with E-state index in [1.807, 2.05) is 18.2 Å². The zero-order valence-corrected chi connectivity index (χ0v) is 18.2. The van der Waals surface area contributed by atoms with Crippen LogP contribution < -0.4 is 10.6 Å². The highest BCUT2D eigenvalue weighted by atomic mass is 19.1. The van der Waals surface area contributed by atoms with Gasteiger partial charge in [-0.15, -0.1) is 0 Å². The third kappa shape index (κ3) is 5.15. The van der Waals surface area contributed by atoms with E-state index in [0.29, 0.717) is 28.3 Å². The molecule has 0 aliphatic rings. The minimum Gasteiger partial charge on any atom is -0.348 e. The number of nitrogens with zero attached hydrogens (tertiary/aromatic N) is 4. The SMILES string of the molecule is Cc1nn(-c2ccc(F)cc2)c(C)c1C(=O)NCc1cccc(NC(=O)Cn2cccn2)c1. The Bertz CT molecular complexity index is 1280. The summed E-state index contributed by atoms with van der Waals surface area (Å²) >= 11 is 0. The average Bonchev–Trinajstić information content (AvgIpc) is 3.40. The normalized spacial score (nSPS) is 10.8. The number of amides is 2. The standard InChI is InChI=1S/C24H23FN6O2/c1-16-23(17(2)31(29-16)21-9-7-19(25)8-10-21)24(33)26-14-18-5-3-6-20(13-18)28-22(32)15-30-12-4-11-27-30/h3-13H,14-15H2,1-2H3,(H,26,33)(H,28,32). The lowest BCUT2D eigenvalue weighted by molar-refractivity contribution is -0.116. The average molecular weight is 446 g/mol. The molecule has 4 rings (SSSR count).